The standard InChI is InChI=1S/C21H36N6.HI/c1-3-22-20(24-17-19-9-5-6-12-23-19)25-18-21(10-15-26(2)16-11-21)27-13-7-4-8-14-27;/h5-6,9,12H,3-4,7-8,10-11,13-18H2,1-2H3,(H2,22,24,25);1H. The highest BCUT2D eigenvalue weighted by atomic mass is 127. The topological polar surface area (TPSA) is 55.8 Å². The summed E-state index contributed by atoms with van der Waals surface area (Å²) in [7, 11) is 2.24. The second-order valence-corrected chi connectivity index (χ2v) is 7.95. The van der Waals surface area contributed by atoms with Crippen molar-refractivity contribution >= 4 is 29.9 Å². The first-order valence-corrected chi connectivity index (χ1v) is 10.6. The average Bonchev–Trinajstić information content (AvgIpc) is 2.73. The van der Waals surface area contributed by atoms with E-state index in [0.717, 1.165) is 24.7 Å². The average molecular weight is 500 g/mol. The summed E-state index contributed by atoms with van der Waals surface area (Å²) in [5.41, 5.74) is 1.26. The Bertz CT molecular complexity index is 580. The summed E-state index contributed by atoms with van der Waals surface area (Å²) >= 11 is 0. The summed E-state index contributed by atoms with van der Waals surface area (Å²) in [6.45, 7) is 9.41. The monoisotopic (exact) mass is 500 g/mol. The molecule has 2 fully saturated rings. The summed E-state index contributed by atoms with van der Waals surface area (Å²) in [4.78, 5) is 14.4. The van der Waals surface area contributed by atoms with Crippen LogP contribution < -0.4 is 10.6 Å². The van der Waals surface area contributed by atoms with E-state index in [1.165, 1.54) is 58.3 Å². The van der Waals surface area contributed by atoms with E-state index < -0.39 is 0 Å². The molecule has 1 aromatic rings. The molecule has 0 saturated carbocycles. The Morgan fingerprint density at radius 2 is 1.86 bits per heavy atom. The molecule has 158 valence electrons. The van der Waals surface area contributed by atoms with E-state index in [-0.39, 0.29) is 29.5 Å². The summed E-state index contributed by atoms with van der Waals surface area (Å²) in [6, 6.07) is 5.99. The van der Waals surface area contributed by atoms with E-state index in [1.807, 2.05) is 24.4 Å². The molecule has 0 bridgehead atoms. The Morgan fingerprint density at radius 1 is 1.11 bits per heavy atom. The molecule has 6 nitrogen and oxygen atoms in total. The molecule has 0 aromatic carbocycles. The molecule has 0 atom stereocenters. The Labute approximate surface area is 187 Å². The third-order valence-electron chi connectivity index (χ3n) is 6.00. The van der Waals surface area contributed by atoms with Crippen LogP contribution >= 0.6 is 24.0 Å². The molecule has 2 saturated heterocycles. The molecule has 0 aliphatic carbocycles. The number of likely N-dealkylation sites (tertiary alicyclic amines) is 2. The lowest BCUT2D eigenvalue weighted by Crippen LogP contribution is -2.62. The number of guanidine groups is 1. The maximum absolute atomic E-state index is 4.76. The number of rotatable bonds is 6. The molecule has 7 heteroatoms. The van der Waals surface area contributed by atoms with Crippen molar-refractivity contribution in [1.29, 1.82) is 0 Å². The smallest absolute Gasteiger partial charge is 0.191 e. The highest BCUT2D eigenvalue weighted by Gasteiger charge is 2.39. The summed E-state index contributed by atoms with van der Waals surface area (Å²) in [5, 5.41) is 7.07. The molecule has 2 aliphatic rings. The first-order chi connectivity index (χ1) is 13.2. The zero-order valence-electron chi connectivity index (χ0n) is 17.5. The molecule has 3 heterocycles. The second-order valence-electron chi connectivity index (χ2n) is 7.95. The third-order valence-corrected chi connectivity index (χ3v) is 6.00. The minimum atomic E-state index is 0. The van der Waals surface area contributed by atoms with Crippen LogP contribution in [0.4, 0.5) is 0 Å². The number of aromatic nitrogens is 1. The van der Waals surface area contributed by atoms with Crippen molar-refractivity contribution in [3.63, 3.8) is 0 Å². The van der Waals surface area contributed by atoms with Crippen molar-refractivity contribution < 1.29 is 0 Å². The van der Waals surface area contributed by atoms with E-state index in [0.29, 0.717) is 6.54 Å². The number of nitrogens with one attached hydrogen (secondary N) is 2. The summed E-state index contributed by atoms with van der Waals surface area (Å²) in [6.07, 6.45) is 8.35. The van der Waals surface area contributed by atoms with Crippen LogP contribution in [0.5, 0.6) is 0 Å². The number of pyridine rings is 1. The van der Waals surface area contributed by atoms with Gasteiger partial charge in [-0.3, -0.25) is 9.88 Å². The Balaban J connectivity index is 0.00000280. The lowest BCUT2D eigenvalue weighted by molar-refractivity contribution is 0.0173. The molecular formula is C21H37IN6. The predicted octanol–water partition coefficient (Wildman–Crippen LogP) is 2.71. The predicted molar refractivity (Wildman–Crippen MR) is 127 cm³/mol. The Kier molecular flexibility index (Phi) is 9.94. The minimum Gasteiger partial charge on any atom is -0.357 e. The normalized spacial score (nSPS) is 21.0. The molecule has 0 amide bonds. The molecule has 2 N–H and O–H groups in total. The van der Waals surface area contributed by atoms with E-state index in [4.69, 9.17) is 4.99 Å². The van der Waals surface area contributed by atoms with E-state index in [1.54, 1.807) is 0 Å². The lowest BCUT2D eigenvalue weighted by atomic mass is 9.84. The highest BCUT2D eigenvalue weighted by Crippen LogP contribution is 2.30. The van der Waals surface area contributed by atoms with Gasteiger partial charge in [-0.05, 0) is 78.0 Å². The SMILES string of the molecule is CCNC(=NCc1ccccn1)NCC1(N2CCCCC2)CCN(C)CC1.I. The van der Waals surface area contributed by atoms with Gasteiger partial charge < -0.3 is 15.5 Å². The van der Waals surface area contributed by atoms with Gasteiger partial charge in [-0.1, -0.05) is 12.5 Å². The van der Waals surface area contributed by atoms with Gasteiger partial charge >= 0.3 is 0 Å². The molecule has 2 aliphatic heterocycles. The van der Waals surface area contributed by atoms with Gasteiger partial charge in [0.05, 0.1) is 12.2 Å². The van der Waals surface area contributed by atoms with Gasteiger partial charge in [-0.25, -0.2) is 4.99 Å². The van der Waals surface area contributed by atoms with Gasteiger partial charge in [-0.2, -0.15) is 0 Å². The molecule has 1 aromatic heterocycles. The van der Waals surface area contributed by atoms with Gasteiger partial charge in [0, 0.05) is 24.8 Å². The fourth-order valence-corrected chi connectivity index (χ4v) is 4.25. The first-order valence-electron chi connectivity index (χ1n) is 10.6. The van der Waals surface area contributed by atoms with Gasteiger partial charge in [0.15, 0.2) is 5.96 Å². The molecule has 3 rings (SSSR count). The van der Waals surface area contributed by atoms with Crippen LogP contribution in [-0.4, -0.2) is 72.6 Å². The molecule has 0 radical (unpaired) electrons. The number of nitrogens with zero attached hydrogens (tertiary/aromatic N) is 4. The van der Waals surface area contributed by atoms with Gasteiger partial charge in [0.2, 0.25) is 0 Å². The highest BCUT2D eigenvalue weighted by molar-refractivity contribution is 14.0. The molecule has 0 unspecified atom stereocenters. The number of hydrogen-bond donors (Lipinski definition) is 2. The summed E-state index contributed by atoms with van der Waals surface area (Å²) in [5.74, 6) is 0.901. The Hall–Kier alpha value is -0.930. The number of hydrogen-bond acceptors (Lipinski definition) is 4. The van der Waals surface area contributed by atoms with Crippen LogP contribution in [0, 0.1) is 0 Å². The van der Waals surface area contributed by atoms with Crippen LogP contribution in [0.15, 0.2) is 29.4 Å². The second kappa shape index (κ2) is 11.9. The number of aliphatic imine (C=N–C) groups is 1. The van der Waals surface area contributed by atoms with E-state index in [2.05, 4.69) is 39.4 Å². The quantitative estimate of drug-likeness (QED) is 0.358. The minimum absolute atomic E-state index is 0. The molecular weight excluding hydrogens is 463 g/mol. The summed E-state index contributed by atoms with van der Waals surface area (Å²) < 4.78 is 0. The van der Waals surface area contributed by atoms with Crippen molar-refractivity contribution in [2.24, 2.45) is 4.99 Å². The van der Waals surface area contributed by atoms with Crippen molar-refractivity contribution in [3.05, 3.63) is 30.1 Å². The van der Waals surface area contributed by atoms with Crippen LogP contribution in [0.25, 0.3) is 0 Å². The van der Waals surface area contributed by atoms with Crippen LogP contribution in [0.1, 0.15) is 44.7 Å². The van der Waals surface area contributed by atoms with Crippen molar-refractivity contribution in [3.8, 4) is 0 Å². The van der Waals surface area contributed by atoms with E-state index in [9.17, 15) is 0 Å². The third kappa shape index (κ3) is 6.56. The fraction of sp³-hybridized carbons (Fsp3) is 0.714. The van der Waals surface area contributed by atoms with Gasteiger partial charge in [0.25, 0.3) is 0 Å². The number of halogens is 1. The van der Waals surface area contributed by atoms with Crippen LogP contribution in [0.2, 0.25) is 0 Å². The van der Waals surface area contributed by atoms with Crippen LogP contribution in [0.3, 0.4) is 0 Å². The molecule has 28 heavy (non-hydrogen) atoms. The van der Waals surface area contributed by atoms with Gasteiger partial charge in [0.1, 0.15) is 0 Å². The zero-order valence-corrected chi connectivity index (χ0v) is 19.8. The maximum atomic E-state index is 4.76. The largest absolute Gasteiger partial charge is 0.357 e. The molecule has 0 spiro atoms. The van der Waals surface area contributed by atoms with Crippen molar-refractivity contribution in [2.75, 3.05) is 46.3 Å². The fourth-order valence-electron chi connectivity index (χ4n) is 4.25. The number of piperidine rings is 2. The van der Waals surface area contributed by atoms with Crippen LogP contribution in [-0.2, 0) is 6.54 Å². The van der Waals surface area contributed by atoms with Gasteiger partial charge in [-0.15, -0.1) is 24.0 Å². The van der Waals surface area contributed by atoms with E-state index >= 15 is 0 Å². The van der Waals surface area contributed by atoms with Crippen molar-refractivity contribution in [1.82, 2.24) is 25.4 Å². The maximum Gasteiger partial charge on any atom is 0.191 e. The lowest BCUT2D eigenvalue weighted by Gasteiger charge is -2.50. The Morgan fingerprint density at radius 3 is 2.50 bits per heavy atom. The zero-order chi connectivity index (χ0) is 19.0. The first kappa shape index (κ1) is 23.3. The van der Waals surface area contributed by atoms with Crippen molar-refractivity contribution in [2.45, 2.75) is 51.1 Å².